The number of guanidine groups is 1. The molecule has 0 radical (unpaired) electrons. The summed E-state index contributed by atoms with van der Waals surface area (Å²) in [5.41, 5.74) is 15.6. The second-order valence-corrected chi connectivity index (χ2v) is 5.89. The molecule has 2 rings (SSSR count). The fraction of sp³-hybridized carbons (Fsp3) is 0.300. The molecule has 0 aliphatic heterocycles. The number of hydrogen-bond donors (Lipinski definition) is 3. The second-order valence-electron chi connectivity index (χ2n) is 5.89. The predicted octanol–water partition coefficient (Wildman–Crippen LogP) is 2.60. The third kappa shape index (κ3) is 5.51. The summed E-state index contributed by atoms with van der Waals surface area (Å²) in [5.74, 6) is 0.430. The Morgan fingerprint density at radius 3 is 2.35 bits per heavy atom. The number of ether oxygens (including phenoxy) is 1. The summed E-state index contributed by atoms with van der Waals surface area (Å²) in [6.45, 7) is 4.49. The van der Waals surface area contributed by atoms with Crippen molar-refractivity contribution in [2.75, 3.05) is 11.9 Å². The summed E-state index contributed by atoms with van der Waals surface area (Å²) in [6.07, 6.45) is 1.84. The number of carbonyl (C=O) groups excluding carboxylic acids is 1. The van der Waals surface area contributed by atoms with E-state index in [2.05, 4.69) is 42.4 Å². The van der Waals surface area contributed by atoms with Crippen LogP contribution >= 0.6 is 0 Å². The molecule has 0 spiro atoms. The minimum absolute atomic E-state index is 0.149. The molecule has 2 aromatic carbocycles. The van der Waals surface area contributed by atoms with Crippen molar-refractivity contribution < 1.29 is 9.53 Å². The molecule has 0 aliphatic carbocycles. The zero-order valence-corrected chi connectivity index (χ0v) is 15.3. The van der Waals surface area contributed by atoms with Crippen LogP contribution in [0, 0.1) is 0 Å². The van der Waals surface area contributed by atoms with Gasteiger partial charge in [0.1, 0.15) is 5.75 Å². The van der Waals surface area contributed by atoms with E-state index in [0.717, 1.165) is 24.1 Å². The number of amides is 1. The summed E-state index contributed by atoms with van der Waals surface area (Å²) in [7, 11) is 0. The summed E-state index contributed by atoms with van der Waals surface area (Å²) in [6, 6.07) is 13.6. The molecule has 5 N–H and O–H groups in total. The lowest BCUT2D eigenvalue weighted by Gasteiger charge is -2.15. The number of rotatable bonds is 8. The second kappa shape index (κ2) is 9.46. The largest absolute Gasteiger partial charge is 0.484 e. The number of nitrogens with zero attached hydrogens (tertiary/aromatic N) is 1. The Hall–Kier alpha value is -3.02. The maximum Gasteiger partial charge on any atom is 0.255 e. The van der Waals surface area contributed by atoms with Crippen molar-refractivity contribution in [1.29, 1.82) is 0 Å². The average molecular weight is 354 g/mol. The van der Waals surface area contributed by atoms with Crippen LogP contribution in [0.5, 0.6) is 5.75 Å². The molecule has 0 heterocycles. The molecule has 0 atom stereocenters. The van der Waals surface area contributed by atoms with E-state index >= 15 is 0 Å². The number of nitrogens with one attached hydrogen (secondary N) is 1. The average Bonchev–Trinajstić information content (AvgIpc) is 2.65. The van der Waals surface area contributed by atoms with Crippen molar-refractivity contribution >= 4 is 17.6 Å². The first-order chi connectivity index (χ1) is 12.5. The van der Waals surface area contributed by atoms with Crippen LogP contribution < -0.4 is 21.5 Å². The molecule has 0 aliphatic rings. The minimum Gasteiger partial charge on any atom is -0.484 e. The highest BCUT2D eigenvalue weighted by molar-refractivity contribution is 5.93. The Morgan fingerprint density at radius 2 is 1.73 bits per heavy atom. The topological polar surface area (TPSA) is 103 Å². The zero-order chi connectivity index (χ0) is 18.9. The molecule has 0 bridgehead atoms. The molecule has 1 amide bonds. The van der Waals surface area contributed by atoms with Crippen molar-refractivity contribution in [3.63, 3.8) is 0 Å². The van der Waals surface area contributed by atoms with Gasteiger partial charge in [-0.3, -0.25) is 4.79 Å². The number of aliphatic imine (C=N–C) groups is 1. The molecule has 0 unspecified atom stereocenters. The molecule has 0 fully saturated rings. The van der Waals surface area contributed by atoms with Crippen LogP contribution in [-0.2, 0) is 24.2 Å². The van der Waals surface area contributed by atoms with Crippen molar-refractivity contribution in [3.8, 4) is 5.75 Å². The highest BCUT2D eigenvalue weighted by Crippen LogP contribution is 2.22. The highest BCUT2D eigenvalue weighted by Gasteiger charge is 2.07. The van der Waals surface area contributed by atoms with Crippen LogP contribution in [0.25, 0.3) is 0 Å². The number of anilines is 1. The van der Waals surface area contributed by atoms with Gasteiger partial charge in [0.25, 0.3) is 5.91 Å². The summed E-state index contributed by atoms with van der Waals surface area (Å²) in [5, 5.41) is 3.24. The number of hydrogen-bond acceptors (Lipinski definition) is 3. The standard InChI is InChI=1S/C20H26N4O2/c1-3-15-8-6-9-16(4-2)19(15)24-20(22)23-12-14-7-5-10-17(11-14)26-13-18(21)25/h5-11H,3-4,12-13H2,1-2H3,(H2,21,25)(H3,22,23,24). The van der Waals surface area contributed by atoms with Gasteiger partial charge in [-0.25, -0.2) is 4.99 Å². The number of aryl methyl sites for hydroxylation is 2. The van der Waals surface area contributed by atoms with Gasteiger partial charge in [-0.05, 0) is 41.7 Å². The van der Waals surface area contributed by atoms with Crippen LogP contribution in [0.2, 0.25) is 0 Å². The van der Waals surface area contributed by atoms with E-state index in [-0.39, 0.29) is 6.61 Å². The smallest absolute Gasteiger partial charge is 0.255 e. The van der Waals surface area contributed by atoms with Crippen molar-refractivity contribution in [3.05, 3.63) is 59.2 Å². The maximum absolute atomic E-state index is 10.8. The van der Waals surface area contributed by atoms with Crippen molar-refractivity contribution in [1.82, 2.24) is 0 Å². The van der Waals surface area contributed by atoms with Crippen LogP contribution in [-0.4, -0.2) is 18.5 Å². The normalized spacial score (nSPS) is 11.2. The fourth-order valence-corrected chi connectivity index (χ4v) is 2.64. The Bertz CT molecular complexity index is 765. The molecule has 138 valence electrons. The monoisotopic (exact) mass is 354 g/mol. The van der Waals surface area contributed by atoms with E-state index in [9.17, 15) is 4.79 Å². The molecule has 0 saturated heterocycles. The van der Waals surface area contributed by atoms with Gasteiger partial charge in [0.05, 0.1) is 6.54 Å². The van der Waals surface area contributed by atoms with Crippen molar-refractivity contribution in [2.45, 2.75) is 33.2 Å². The maximum atomic E-state index is 10.8. The van der Waals surface area contributed by atoms with Gasteiger partial charge < -0.3 is 21.5 Å². The predicted molar refractivity (Wildman–Crippen MR) is 105 cm³/mol. The Morgan fingerprint density at radius 1 is 1.08 bits per heavy atom. The van der Waals surface area contributed by atoms with Crippen LogP contribution in [0.1, 0.15) is 30.5 Å². The Kier molecular flexibility index (Phi) is 7.02. The van der Waals surface area contributed by atoms with Gasteiger partial charge in [-0.1, -0.05) is 44.2 Å². The summed E-state index contributed by atoms with van der Waals surface area (Å²) in [4.78, 5) is 15.2. The number of para-hydroxylation sites is 1. The van der Waals surface area contributed by atoms with Crippen LogP contribution in [0.3, 0.4) is 0 Å². The Labute approximate surface area is 154 Å². The van der Waals surface area contributed by atoms with E-state index in [4.69, 9.17) is 16.2 Å². The summed E-state index contributed by atoms with van der Waals surface area (Å²) < 4.78 is 5.30. The quantitative estimate of drug-likeness (QED) is 0.501. The Balaban J connectivity index is 2.07. The van der Waals surface area contributed by atoms with E-state index in [1.807, 2.05) is 18.2 Å². The molecular weight excluding hydrogens is 328 g/mol. The molecule has 6 nitrogen and oxygen atoms in total. The van der Waals surface area contributed by atoms with Crippen molar-refractivity contribution in [2.24, 2.45) is 16.5 Å². The molecule has 26 heavy (non-hydrogen) atoms. The number of primary amides is 1. The number of benzene rings is 2. The van der Waals surface area contributed by atoms with E-state index < -0.39 is 5.91 Å². The van der Waals surface area contributed by atoms with E-state index in [1.54, 1.807) is 6.07 Å². The lowest BCUT2D eigenvalue weighted by atomic mass is 10.0. The molecule has 2 aromatic rings. The molecular formula is C20H26N4O2. The van der Waals surface area contributed by atoms with Crippen LogP contribution in [0.15, 0.2) is 47.5 Å². The van der Waals surface area contributed by atoms with E-state index in [0.29, 0.717) is 18.3 Å². The fourth-order valence-electron chi connectivity index (χ4n) is 2.64. The van der Waals surface area contributed by atoms with Gasteiger partial charge >= 0.3 is 0 Å². The van der Waals surface area contributed by atoms with E-state index in [1.165, 1.54) is 11.1 Å². The summed E-state index contributed by atoms with van der Waals surface area (Å²) >= 11 is 0. The van der Waals surface area contributed by atoms with Gasteiger partial charge in [-0.15, -0.1) is 0 Å². The van der Waals surface area contributed by atoms with Gasteiger partial charge in [0.2, 0.25) is 0 Å². The molecule has 0 saturated carbocycles. The first-order valence-corrected chi connectivity index (χ1v) is 8.71. The van der Waals surface area contributed by atoms with Gasteiger partial charge in [0, 0.05) is 5.69 Å². The van der Waals surface area contributed by atoms with Gasteiger partial charge in [-0.2, -0.15) is 0 Å². The SMILES string of the molecule is CCc1cccc(CC)c1NC(N)=NCc1cccc(OCC(N)=O)c1. The number of nitrogens with two attached hydrogens (primary N) is 2. The third-order valence-electron chi connectivity index (χ3n) is 3.96. The van der Waals surface area contributed by atoms with Gasteiger partial charge in [0.15, 0.2) is 12.6 Å². The number of carbonyl (C=O) groups is 1. The lowest BCUT2D eigenvalue weighted by molar-refractivity contribution is -0.119. The molecule has 0 aromatic heterocycles. The first kappa shape index (κ1) is 19.3. The van der Waals surface area contributed by atoms with Crippen LogP contribution in [0.4, 0.5) is 5.69 Å². The molecule has 6 heteroatoms. The zero-order valence-electron chi connectivity index (χ0n) is 15.3. The first-order valence-electron chi connectivity index (χ1n) is 8.71. The highest BCUT2D eigenvalue weighted by atomic mass is 16.5. The third-order valence-corrected chi connectivity index (χ3v) is 3.96. The minimum atomic E-state index is -0.511. The lowest BCUT2D eigenvalue weighted by Crippen LogP contribution is -2.24.